The molecule has 6 nitrogen and oxygen atoms in total. The van der Waals surface area contributed by atoms with Crippen LogP contribution in [-0.4, -0.2) is 62.7 Å². The van der Waals surface area contributed by atoms with Crippen molar-refractivity contribution in [2.45, 2.75) is 44.2 Å². The van der Waals surface area contributed by atoms with Crippen LogP contribution in [0, 0.1) is 0 Å². The molecule has 2 heterocycles. The number of hydrogen-bond acceptors (Lipinski definition) is 5. The van der Waals surface area contributed by atoms with E-state index in [0.717, 1.165) is 62.0 Å². The van der Waals surface area contributed by atoms with Crippen LogP contribution < -0.4 is 0 Å². The van der Waals surface area contributed by atoms with E-state index in [1.54, 1.807) is 0 Å². The van der Waals surface area contributed by atoms with Gasteiger partial charge in [0.2, 0.25) is 0 Å². The summed E-state index contributed by atoms with van der Waals surface area (Å²) in [7, 11) is 0. The Hall–Kier alpha value is -1.76. The number of piperazine rings is 1. The highest BCUT2D eigenvalue weighted by Crippen LogP contribution is 2.36. The van der Waals surface area contributed by atoms with Gasteiger partial charge in [0, 0.05) is 37.7 Å². The fourth-order valence-corrected chi connectivity index (χ4v) is 4.79. The second kappa shape index (κ2) is 9.16. The maximum absolute atomic E-state index is 6.64. The number of hydrogen-bond donors (Lipinski definition) is 0. The molecule has 4 rings (SSSR count). The van der Waals surface area contributed by atoms with Crippen molar-refractivity contribution >= 4 is 11.6 Å². The van der Waals surface area contributed by atoms with Gasteiger partial charge in [-0.05, 0) is 34.9 Å². The summed E-state index contributed by atoms with van der Waals surface area (Å²) < 4.78 is 2.09. The van der Waals surface area contributed by atoms with E-state index in [1.165, 1.54) is 19.3 Å². The summed E-state index contributed by atoms with van der Waals surface area (Å²) in [4.78, 5) is 4.91. The van der Waals surface area contributed by atoms with Gasteiger partial charge in [-0.1, -0.05) is 55.1 Å². The lowest BCUT2D eigenvalue weighted by Crippen LogP contribution is -2.48. The zero-order valence-corrected chi connectivity index (χ0v) is 17.1. The summed E-state index contributed by atoms with van der Waals surface area (Å²) in [6.07, 6.45) is 8.10. The van der Waals surface area contributed by atoms with Crippen LogP contribution >= 0.6 is 11.6 Å². The van der Waals surface area contributed by atoms with Gasteiger partial charge in [-0.25, -0.2) is 4.68 Å². The molecule has 1 saturated carbocycles. The third kappa shape index (κ3) is 4.14. The first kappa shape index (κ1) is 19.6. The van der Waals surface area contributed by atoms with E-state index in [4.69, 9.17) is 11.6 Å². The van der Waals surface area contributed by atoms with Crippen molar-refractivity contribution in [2.24, 2.45) is 0 Å². The molecule has 0 radical (unpaired) electrons. The Morgan fingerprint density at radius 3 is 2.57 bits per heavy atom. The molecular formula is C21H29ClN6. The van der Waals surface area contributed by atoms with Crippen molar-refractivity contribution in [1.29, 1.82) is 0 Å². The quantitative estimate of drug-likeness (QED) is 0.691. The van der Waals surface area contributed by atoms with Crippen molar-refractivity contribution in [3.8, 4) is 0 Å². The van der Waals surface area contributed by atoms with Gasteiger partial charge in [0.05, 0.1) is 12.1 Å². The van der Waals surface area contributed by atoms with Gasteiger partial charge in [0.25, 0.3) is 0 Å². The fraction of sp³-hybridized carbons (Fsp3) is 0.571. The summed E-state index contributed by atoms with van der Waals surface area (Å²) in [6.45, 7) is 8.75. The zero-order valence-electron chi connectivity index (χ0n) is 16.4. The first-order valence-corrected chi connectivity index (χ1v) is 10.7. The molecule has 150 valence electrons. The molecule has 2 fully saturated rings. The van der Waals surface area contributed by atoms with Crippen molar-refractivity contribution in [2.75, 3.05) is 32.7 Å². The van der Waals surface area contributed by atoms with E-state index in [0.29, 0.717) is 6.04 Å². The molecule has 0 spiro atoms. The standard InChI is InChI=1S/C21H29ClN6/c1-2-12-26-13-15-27(16-14-26)20(18-10-6-7-11-19(18)22)21-23-24-25-28(21)17-8-4-3-5-9-17/h2,6-7,10-11,17,20H,1,3-5,8-9,12-16H2/t20-/m0/s1. The number of benzene rings is 1. The van der Waals surface area contributed by atoms with Gasteiger partial charge in [-0.3, -0.25) is 9.80 Å². The van der Waals surface area contributed by atoms with Crippen LogP contribution in [0.5, 0.6) is 0 Å². The lowest BCUT2D eigenvalue weighted by molar-refractivity contribution is 0.111. The zero-order chi connectivity index (χ0) is 19.3. The fourth-order valence-electron chi connectivity index (χ4n) is 4.55. The smallest absolute Gasteiger partial charge is 0.173 e. The Morgan fingerprint density at radius 1 is 1.11 bits per heavy atom. The second-order valence-electron chi connectivity index (χ2n) is 7.82. The maximum atomic E-state index is 6.64. The van der Waals surface area contributed by atoms with E-state index in [1.807, 2.05) is 18.2 Å². The van der Waals surface area contributed by atoms with Crippen molar-refractivity contribution < 1.29 is 0 Å². The highest BCUT2D eigenvalue weighted by atomic mass is 35.5. The molecule has 1 saturated heterocycles. The molecule has 1 aromatic heterocycles. The van der Waals surface area contributed by atoms with Crippen LogP contribution in [0.25, 0.3) is 0 Å². The van der Waals surface area contributed by atoms with Crippen molar-refractivity contribution in [1.82, 2.24) is 30.0 Å². The molecule has 7 heteroatoms. The Balaban J connectivity index is 1.66. The minimum atomic E-state index is -0.0171. The monoisotopic (exact) mass is 400 g/mol. The Bertz CT molecular complexity index is 777. The van der Waals surface area contributed by atoms with Gasteiger partial charge < -0.3 is 0 Å². The Morgan fingerprint density at radius 2 is 1.86 bits per heavy atom. The van der Waals surface area contributed by atoms with Crippen LogP contribution in [0.3, 0.4) is 0 Å². The topological polar surface area (TPSA) is 50.1 Å². The number of halogens is 1. The number of nitrogens with zero attached hydrogens (tertiary/aromatic N) is 6. The number of rotatable bonds is 6. The minimum absolute atomic E-state index is 0.0171. The predicted octanol–water partition coefficient (Wildman–Crippen LogP) is 3.72. The van der Waals surface area contributed by atoms with E-state index in [-0.39, 0.29) is 6.04 Å². The Labute approximate surface area is 172 Å². The third-order valence-electron chi connectivity index (χ3n) is 6.04. The highest BCUT2D eigenvalue weighted by Gasteiger charge is 2.33. The minimum Gasteiger partial charge on any atom is -0.297 e. The molecule has 28 heavy (non-hydrogen) atoms. The summed E-state index contributed by atoms with van der Waals surface area (Å²) in [5.41, 5.74) is 1.09. The van der Waals surface area contributed by atoms with E-state index >= 15 is 0 Å². The van der Waals surface area contributed by atoms with Gasteiger partial charge in [-0.15, -0.1) is 11.7 Å². The van der Waals surface area contributed by atoms with Crippen molar-refractivity contribution in [3.63, 3.8) is 0 Å². The van der Waals surface area contributed by atoms with Crippen LogP contribution in [-0.2, 0) is 0 Å². The average molecular weight is 401 g/mol. The van der Waals surface area contributed by atoms with Crippen LogP contribution in [0.2, 0.25) is 5.02 Å². The van der Waals surface area contributed by atoms with E-state index < -0.39 is 0 Å². The summed E-state index contributed by atoms with van der Waals surface area (Å²) in [5.74, 6) is 0.928. The molecule has 1 aromatic carbocycles. The van der Waals surface area contributed by atoms with Gasteiger partial charge in [0.15, 0.2) is 5.82 Å². The molecule has 1 atom stereocenters. The molecule has 1 aliphatic heterocycles. The molecule has 1 aliphatic carbocycles. The molecule has 0 bridgehead atoms. The van der Waals surface area contributed by atoms with Crippen molar-refractivity contribution in [3.05, 3.63) is 53.3 Å². The number of tetrazole rings is 1. The molecule has 0 amide bonds. The molecule has 0 unspecified atom stereocenters. The molecule has 0 N–H and O–H groups in total. The van der Waals surface area contributed by atoms with Gasteiger partial charge in [0.1, 0.15) is 0 Å². The van der Waals surface area contributed by atoms with Gasteiger partial charge >= 0.3 is 0 Å². The number of aromatic nitrogens is 4. The summed E-state index contributed by atoms with van der Waals surface area (Å²) in [6, 6.07) is 8.49. The van der Waals surface area contributed by atoms with Gasteiger partial charge in [-0.2, -0.15) is 0 Å². The molecule has 2 aromatic rings. The summed E-state index contributed by atoms with van der Waals surface area (Å²) >= 11 is 6.64. The Kier molecular flexibility index (Phi) is 6.40. The van der Waals surface area contributed by atoms with E-state index in [9.17, 15) is 0 Å². The average Bonchev–Trinajstić information content (AvgIpc) is 3.21. The molecule has 2 aliphatic rings. The second-order valence-corrected chi connectivity index (χ2v) is 8.23. The lowest BCUT2D eigenvalue weighted by Gasteiger charge is -2.39. The molecular weight excluding hydrogens is 372 g/mol. The van der Waals surface area contributed by atoms with Crippen LogP contribution in [0.15, 0.2) is 36.9 Å². The van der Waals surface area contributed by atoms with E-state index in [2.05, 4.69) is 48.7 Å². The maximum Gasteiger partial charge on any atom is 0.173 e. The van der Waals surface area contributed by atoms with Crippen LogP contribution in [0.4, 0.5) is 0 Å². The third-order valence-corrected chi connectivity index (χ3v) is 6.39. The predicted molar refractivity (Wildman–Crippen MR) is 111 cm³/mol. The normalized spacial score (nSPS) is 20.9. The SMILES string of the molecule is C=CCN1CCN([C@@H](c2ccccc2Cl)c2nnnn2C2CCCCC2)CC1. The first-order chi connectivity index (χ1) is 13.8. The largest absolute Gasteiger partial charge is 0.297 e. The highest BCUT2D eigenvalue weighted by molar-refractivity contribution is 6.31. The first-order valence-electron chi connectivity index (χ1n) is 10.4. The lowest BCUT2D eigenvalue weighted by atomic mass is 9.95. The summed E-state index contributed by atoms with van der Waals surface area (Å²) in [5, 5.41) is 13.8. The van der Waals surface area contributed by atoms with Crippen LogP contribution in [0.1, 0.15) is 55.6 Å².